The van der Waals surface area contributed by atoms with Crippen LogP contribution in [-0.2, 0) is 5.54 Å². The third-order valence-electron chi connectivity index (χ3n) is 3.02. The van der Waals surface area contributed by atoms with Gasteiger partial charge in [0.05, 0.1) is 0 Å². The number of hydrogen-bond acceptors (Lipinski definition) is 2. The van der Waals surface area contributed by atoms with E-state index < -0.39 is 0 Å². The maximum atomic E-state index is 11.0. The van der Waals surface area contributed by atoms with Crippen molar-refractivity contribution in [3.05, 3.63) is 27.4 Å². The summed E-state index contributed by atoms with van der Waals surface area (Å²) >= 11 is 5.14. The molecule has 1 fully saturated rings. The van der Waals surface area contributed by atoms with E-state index in [4.69, 9.17) is 12.2 Å². The first kappa shape index (κ1) is 9.65. The number of aromatic nitrogens is 2. The smallest absolute Gasteiger partial charge is 0.251 e. The monoisotopic (exact) mass is 210 g/mol. The molecule has 0 amide bonds. The van der Waals surface area contributed by atoms with Crippen molar-refractivity contribution in [2.75, 3.05) is 0 Å². The summed E-state index contributed by atoms with van der Waals surface area (Å²) in [7, 11) is 0. The van der Waals surface area contributed by atoms with E-state index in [0.29, 0.717) is 10.7 Å². The van der Waals surface area contributed by atoms with Gasteiger partial charge in [-0.1, -0.05) is 0 Å². The molecule has 1 heterocycles. The molecule has 1 aliphatic carbocycles. The number of nitrogens with one attached hydrogen (secondary N) is 1. The number of rotatable bonds is 2. The van der Waals surface area contributed by atoms with E-state index in [1.165, 1.54) is 18.9 Å². The van der Waals surface area contributed by atoms with Crippen LogP contribution in [0, 0.1) is 10.7 Å². The molecule has 1 aliphatic rings. The summed E-state index contributed by atoms with van der Waals surface area (Å²) < 4.78 is 2.51. The average Bonchev–Trinajstić information content (AvgIpc) is 2.84. The first-order valence-electron chi connectivity index (χ1n) is 4.84. The van der Waals surface area contributed by atoms with Crippen LogP contribution in [0.15, 0.2) is 17.1 Å². The molecule has 4 heteroatoms. The highest BCUT2D eigenvalue weighted by Gasteiger charge is 2.39. The highest BCUT2D eigenvalue weighted by Crippen LogP contribution is 2.43. The lowest BCUT2D eigenvalue weighted by Crippen LogP contribution is -2.31. The lowest BCUT2D eigenvalue weighted by molar-refractivity contribution is 0.295. The molecule has 76 valence electrons. The van der Waals surface area contributed by atoms with Gasteiger partial charge in [0, 0.05) is 17.8 Å². The maximum Gasteiger partial charge on any atom is 0.251 e. The molecule has 2 rings (SSSR count). The summed E-state index contributed by atoms with van der Waals surface area (Å²) in [6.45, 7) is 4.33. The lowest BCUT2D eigenvalue weighted by atomic mass is 9.98. The van der Waals surface area contributed by atoms with Crippen LogP contribution in [0.3, 0.4) is 0 Å². The van der Waals surface area contributed by atoms with Crippen LogP contribution in [0.25, 0.3) is 0 Å². The zero-order chi connectivity index (χ0) is 10.3. The summed E-state index contributed by atoms with van der Waals surface area (Å²) in [5.74, 6) is 0.695. The zero-order valence-corrected chi connectivity index (χ0v) is 9.23. The van der Waals surface area contributed by atoms with Gasteiger partial charge in [-0.05, 0) is 44.8 Å². The van der Waals surface area contributed by atoms with Crippen LogP contribution in [0.4, 0.5) is 0 Å². The second-order valence-corrected chi connectivity index (χ2v) is 4.79. The van der Waals surface area contributed by atoms with E-state index in [0.717, 1.165) is 0 Å². The molecule has 3 nitrogen and oxygen atoms in total. The first-order valence-corrected chi connectivity index (χ1v) is 5.25. The van der Waals surface area contributed by atoms with Gasteiger partial charge >= 0.3 is 0 Å². The Balaban J connectivity index is 2.50. The van der Waals surface area contributed by atoms with Gasteiger partial charge in [-0.15, -0.1) is 0 Å². The van der Waals surface area contributed by atoms with Gasteiger partial charge in [0.2, 0.25) is 0 Å². The van der Waals surface area contributed by atoms with Gasteiger partial charge in [-0.2, -0.15) is 0 Å². The SMILES string of the molecule is CC(C)(C1CC1)n1ccc(=O)[nH]c1=S. The van der Waals surface area contributed by atoms with Crippen LogP contribution in [0.1, 0.15) is 26.7 Å². The van der Waals surface area contributed by atoms with E-state index in [2.05, 4.69) is 18.8 Å². The van der Waals surface area contributed by atoms with E-state index in [9.17, 15) is 4.79 Å². The molecular formula is C10H14N2OS. The van der Waals surface area contributed by atoms with Crippen LogP contribution in [0.5, 0.6) is 0 Å². The lowest BCUT2D eigenvalue weighted by Gasteiger charge is -2.27. The fourth-order valence-corrected chi connectivity index (χ4v) is 2.25. The Bertz CT molecular complexity index is 454. The number of aromatic amines is 1. The molecule has 0 saturated heterocycles. The van der Waals surface area contributed by atoms with Crippen molar-refractivity contribution >= 4 is 12.2 Å². The van der Waals surface area contributed by atoms with Crippen LogP contribution in [-0.4, -0.2) is 9.55 Å². The topological polar surface area (TPSA) is 37.8 Å². The third-order valence-corrected chi connectivity index (χ3v) is 3.32. The summed E-state index contributed by atoms with van der Waals surface area (Å²) in [5, 5.41) is 0. The zero-order valence-electron chi connectivity index (χ0n) is 8.41. The summed E-state index contributed by atoms with van der Waals surface area (Å²) in [5.41, 5.74) is -0.0979. The van der Waals surface area contributed by atoms with Gasteiger partial charge in [-0.3, -0.25) is 9.78 Å². The average molecular weight is 210 g/mol. The van der Waals surface area contributed by atoms with Crippen LogP contribution >= 0.6 is 12.2 Å². The second-order valence-electron chi connectivity index (χ2n) is 4.41. The maximum absolute atomic E-state index is 11.0. The Labute approximate surface area is 87.8 Å². The number of hydrogen-bond donors (Lipinski definition) is 1. The summed E-state index contributed by atoms with van der Waals surface area (Å²) in [6.07, 6.45) is 4.31. The minimum Gasteiger partial charge on any atom is -0.319 e. The third kappa shape index (κ3) is 1.54. The molecule has 0 atom stereocenters. The Kier molecular flexibility index (Phi) is 2.10. The second kappa shape index (κ2) is 3.05. The van der Waals surface area contributed by atoms with Crippen molar-refractivity contribution in [2.24, 2.45) is 5.92 Å². The van der Waals surface area contributed by atoms with Gasteiger partial charge in [-0.25, -0.2) is 0 Å². The molecule has 0 radical (unpaired) electrons. The highest BCUT2D eigenvalue weighted by atomic mass is 32.1. The van der Waals surface area contributed by atoms with E-state index in [1.807, 2.05) is 4.57 Å². The van der Waals surface area contributed by atoms with Gasteiger partial charge in [0.25, 0.3) is 5.56 Å². The summed E-state index contributed by atoms with van der Waals surface area (Å²) in [6, 6.07) is 1.53. The van der Waals surface area contributed by atoms with Crippen molar-refractivity contribution in [2.45, 2.75) is 32.2 Å². The van der Waals surface area contributed by atoms with Crippen molar-refractivity contribution in [1.82, 2.24) is 9.55 Å². The largest absolute Gasteiger partial charge is 0.319 e. The van der Waals surface area contributed by atoms with Crippen LogP contribution in [0.2, 0.25) is 0 Å². The Morgan fingerprint density at radius 3 is 2.71 bits per heavy atom. The Morgan fingerprint density at radius 1 is 1.57 bits per heavy atom. The quantitative estimate of drug-likeness (QED) is 0.759. The number of H-pyrrole nitrogens is 1. The Morgan fingerprint density at radius 2 is 2.21 bits per heavy atom. The molecule has 1 saturated carbocycles. The van der Waals surface area contributed by atoms with Crippen molar-refractivity contribution in [1.29, 1.82) is 0 Å². The molecule has 1 aromatic heterocycles. The van der Waals surface area contributed by atoms with Gasteiger partial charge < -0.3 is 4.57 Å². The predicted molar refractivity (Wildman–Crippen MR) is 57.9 cm³/mol. The van der Waals surface area contributed by atoms with Crippen molar-refractivity contribution in [3.8, 4) is 0 Å². The van der Waals surface area contributed by atoms with Gasteiger partial charge in [0.15, 0.2) is 4.77 Å². The predicted octanol–water partition coefficient (Wildman–Crippen LogP) is 2.05. The molecule has 1 N–H and O–H groups in total. The molecule has 0 bridgehead atoms. The minimum atomic E-state index is -0.127. The minimum absolute atomic E-state index is 0.0291. The molecule has 0 spiro atoms. The number of nitrogens with zero attached hydrogens (tertiary/aromatic N) is 1. The van der Waals surface area contributed by atoms with Gasteiger partial charge in [0.1, 0.15) is 0 Å². The summed E-state index contributed by atoms with van der Waals surface area (Å²) in [4.78, 5) is 13.7. The Hall–Kier alpha value is -0.900. The highest BCUT2D eigenvalue weighted by molar-refractivity contribution is 7.71. The van der Waals surface area contributed by atoms with Crippen molar-refractivity contribution < 1.29 is 0 Å². The van der Waals surface area contributed by atoms with E-state index in [1.54, 1.807) is 6.20 Å². The molecule has 0 unspecified atom stereocenters. The van der Waals surface area contributed by atoms with E-state index >= 15 is 0 Å². The fraction of sp³-hybridized carbons (Fsp3) is 0.600. The van der Waals surface area contributed by atoms with Crippen molar-refractivity contribution in [3.63, 3.8) is 0 Å². The molecule has 0 aliphatic heterocycles. The molecule has 1 aromatic rings. The van der Waals surface area contributed by atoms with Crippen LogP contribution < -0.4 is 5.56 Å². The normalized spacial score (nSPS) is 17.0. The molecule has 14 heavy (non-hydrogen) atoms. The van der Waals surface area contributed by atoms with E-state index in [-0.39, 0.29) is 11.1 Å². The molecular weight excluding hydrogens is 196 g/mol. The first-order chi connectivity index (χ1) is 6.51. The molecule has 0 aromatic carbocycles. The fourth-order valence-electron chi connectivity index (χ4n) is 1.86. The standard InChI is InChI=1S/C10H14N2OS/c1-10(2,7-3-4-7)12-6-5-8(13)11-9(12)14/h5-7H,3-4H2,1-2H3,(H,11,13,14).